The number of carbonyl (C=O) groups excluding carboxylic acids is 1. The molecule has 0 aliphatic heterocycles. The molecular formula is C11H11F2N3OS. The number of amides is 1. The van der Waals surface area contributed by atoms with Gasteiger partial charge in [-0.2, -0.15) is 0 Å². The van der Waals surface area contributed by atoms with Crippen molar-refractivity contribution in [1.82, 2.24) is 4.98 Å². The van der Waals surface area contributed by atoms with Crippen molar-refractivity contribution in [2.75, 3.05) is 5.32 Å². The molecule has 1 amide bonds. The van der Waals surface area contributed by atoms with Gasteiger partial charge in [-0.25, -0.2) is 13.8 Å². The molecule has 1 aromatic carbocycles. The zero-order chi connectivity index (χ0) is 13.3. The Kier molecular flexibility index (Phi) is 3.53. The number of halogens is 2. The molecule has 0 spiro atoms. The Morgan fingerprint density at radius 2 is 2.17 bits per heavy atom. The molecule has 1 heterocycles. The minimum absolute atomic E-state index is 0.165. The molecule has 18 heavy (non-hydrogen) atoms. The number of hydrogen-bond donors (Lipinski definition) is 2. The summed E-state index contributed by atoms with van der Waals surface area (Å²) in [6.45, 7) is 1.71. The van der Waals surface area contributed by atoms with Crippen LogP contribution in [0, 0.1) is 11.6 Å². The van der Waals surface area contributed by atoms with E-state index in [0.717, 1.165) is 23.5 Å². The van der Waals surface area contributed by atoms with Gasteiger partial charge in [-0.05, 0) is 13.0 Å². The molecule has 4 nitrogen and oxygen atoms in total. The van der Waals surface area contributed by atoms with Gasteiger partial charge < -0.3 is 11.1 Å². The molecule has 3 N–H and O–H groups in total. The third kappa shape index (κ3) is 2.80. The monoisotopic (exact) mass is 271 g/mol. The summed E-state index contributed by atoms with van der Waals surface area (Å²) < 4.78 is 26.4. The summed E-state index contributed by atoms with van der Waals surface area (Å²) in [6.07, 6.45) is 0.165. The summed E-state index contributed by atoms with van der Waals surface area (Å²) in [4.78, 5) is 15.5. The molecule has 0 radical (unpaired) electrons. The summed E-state index contributed by atoms with van der Waals surface area (Å²) in [7, 11) is 0. The van der Waals surface area contributed by atoms with Crippen molar-refractivity contribution in [3.63, 3.8) is 0 Å². The van der Waals surface area contributed by atoms with Gasteiger partial charge in [0.1, 0.15) is 0 Å². The van der Waals surface area contributed by atoms with Crippen LogP contribution in [-0.2, 0) is 4.79 Å². The third-order valence-corrected chi connectivity index (χ3v) is 3.12. The largest absolute Gasteiger partial charge is 0.327 e. The molecule has 0 aliphatic carbocycles. The molecule has 0 saturated heterocycles. The van der Waals surface area contributed by atoms with Crippen LogP contribution in [0.3, 0.4) is 0 Å². The van der Waals surface area contributed by atoms with Crippen molar-refractivity contribution in [3.05, 3.63) is 23.8 Å². The van der Waals surface area contributed by atoms with E-state index in [-0.39, 0.29) is 18.4 Å². The normalized spacial score (nSPS) is 12.7. The lowest BCUT2D eigenvalue weighted by Gasteiger charge is -2.03. The number of thiazole rings is 1. The Bertz CT molecular complexity index is 558. The zero-order valence-electron chi connectivity index (χ0n) is 9.54. The lowest BCUT2D eigenvalue weighted by molar-refractivity contribution is -0.116. The van der Waals surface area contributed by atoms with Crippen LogP contribution < -0.4 is 11.1 Å². The maximum atomic E-state index is 13.0. The van der Waals surface area contributed by atoms with Crippen LogP contribution in [0.1, 0.15) is 13.3 Å². The van der Waals surface area contributed by atoms with Crippen LogP contribution >= 0.6 is 11.3 Å². The van der Waals surface area contributed by atoms with Gasteiger partial charge in [0.2, 0.25) is 5.91 Å². The van der Waals surface area contributed by atoms with Gasteiger partial charge in [0.25, 0.3) is 0 Å². The summed E-state index contributed by atoms with van der Waals surface area (Å²) in [5.41, 5.74) is 5.80. The fourth-order valence-corrected chi connectivity index (χ4v) is 2.33. The molecule has 2 aromatic rings. The van der Waals surface area contributed by atoms with Gasteiger partial charge in [0.05, 0.1) is 10.2 Å². The van der Waals surface area contributed by atoms with Gasteiger partial charge in [-0.15, -0.1) is 0 Å². The Labute approximate surface area is 106 Å². The highest BCUT2D eigenvalue weighted by atomic mass is 32.1. The van der Waals surface area contributed by atoms with E-state index in [1.807, 2.05) is 0 Å². The van der Waals surface area contributed by atoms with Gasteiger partial charge >= 0.3 is 0 Å². The topological polar surface area (TPSA) is 68.0 Å². The van der Waals surface area contributed by atoms with Gasteiger partial charge in [-0.3, -0.25) is 4.79 Å². The Hall–Kier alpha value is -1.60. The van der Waals surface area contributed by atoms with Gasteiger partial charge in [-0.1, -0.05) is 11.3 Å². The molecule has 2 rings (SSSR count). The summed E-state index contributed by atoms with van der Waals surface area (Å²) in [5, 5.41) is 2.85. The fraction of sp³-hybridized carbons (Fsp3) is 0.273. The van der Waals surface area contributed by atoms with E-state index >= 15 is 0 Å². The van der Waals surface area contributed by atoms with Crippen LogP contribution in [-0.4, -0.2) is 16.9 Å². The number of benzene rings is 1. The van der Waals surface area contributed by atoms with E-state index < -0.39 is 11.6 Å². The lowest BCUT2D eigenvalue weighted by Crippen LogP contribution is -2.23. The minimum atomic E-state index is -0.957. The highest BCUT2D eigenvalue weighted by Gasteiger charge is 2.12. The second kappa shape index (κ2) is 4.95. The quantitative estimate of drug-likeness (QED) is 0.899. The van der Waals surface area contributed by atoms with E-state index in [1.165, 1.54) is 0 Å². The highest BCUT2D eigenvalue weighted by Crippen LogP contribution is 2.27. The first kappa shape index (κ1) is 12.8. The van der Waals surface area contributed by atoms with E-state index in [9.17, 15) is 13.6 Å². The lowest BCUT2D eigenvalue weighted by atomic mass is 10.2. The number of hydrogen-bond acceptors (Lipinski definition) is 4. The van der Waals surface area contributed by atoms with E-state index in [0.29, 0.717) is 15.3 Å². The average molecular weight is 271 g/mol. The molecule has 0 fully saturated rings. The molecule has 0 saturated carbocycles. The number of carbonyl (C=O) groups is 1. The predicted molar refractivity (Wildman–Crippen MR) is 66.4 cm³/mol. The number of aromatic nitrogens is 1. The maximum Gasteiger partial charge on any atom is 0.227 e. The van der Waals surface area contributed by atoms with Crippen molar-refractivity contribution >= 4 is 32.6 Å². The van der Waals surface area contributed by atoms with Crippen LogP contribution in [0.4, 0.5) is 13.9 Å². The molecule has 1 aromatic heterocycles. The van der Waals surface area contributed by atoms with E-state index in [2.05, 4.69) is 10.3 Å². The molecule has 1 unspecified atom stereocenters. The Morgan fingerprint density at radius 1 is 1.50 bits per heavy atom. The Morgan fingerprint density at radius 3 is 2.83 bits per heavy atom. The zero-order valence-corrected chi connectivity index (χ0v) is 10.4. The number of rotatable bonds is 3. The smallest absolute Gasteiger partial charge is 0.227 e. The number of nitrogens with two attached hydrogens (primary N) is 1. The molecule has 1 atom stereocenters. The van der Waals surface area contributed by atoms with Crippen LogP contribution in [0.5, 0.6) is 0 Å². The van der Waals surface area contributed by atoms with Crippen molar-refractivity contribution in [1.29, 1.82) is 0 Å². The van der Waals surface area contributed by atoms with Crippen molar-refractivity contribution < 1.29 is 13.6 Å². The first-order valence-electron chi connectivity index (χ1n) is 5.26. The second-order valence-corrected chi connectivity index (χ2v) is 5.01. The van der Waals surface area contributed by atoms with Crippen LogP contribution in [0.15, 0.2) is 12.1 Å². The van der Waals surface area contributed by atoms with Crippen LogP contribution in [0.25, 0.3) is 10.2 Å². The molecule has 96 valence electrons. The summed E-state index contributed by atoms with van der Waals surface area (Å²) >= 11 is 1.09. The van der Waals surface area contributed by atoms with Crippen molar-refractivity contribution in [2.24, 2.45) is 5.73 Å². The second-order valence-electron chi connectivity index (χ2n) is 3.98. The summed E-state index contributed by atoms with van der Waals surface area (Å²) in [5.74, 6) is -2.16. The molecule has 7 heteroatoms. The van der Waals surface area contributed by atoms with Crippen molar-refractivity contribution in [3.8, 4) is 0 Å². The number of nitrogens with one attached hydrogen (secondary N) is 1. The number of nitrogens with zero attached hydrogens (tertiary/aromatic N) is 1. The first-order valence-corrected chi connectivity index (χ1v) is 6.08. The maximum absolute atomic E-state index is 13.0. The fourth-order valence-electron chi connectivity index (χ4n) is 1.44. The average Bonchev–Trinajstić information content (AvgIpc) is 2.58. The van der Waals surface area contributed by atoms with Gasteiger partial charge in [0, 0.05) is 18.5 Å². The molecular weight excluding hydrogens is 260 g/mol. The SMILES string of the molecule is CC(N)CC(=O)Nc1nc2cc(F)c(F)cc2s1. The van der Waals surface area contributed by atoms with E-state index in [1.54, 1.807) is 6.92 Å². The molecule has 0 aliphatic rings. The summed E-state index contributed by atoms with van der Waals surface area (Å²) in [6, 6.07) is 1.81. The number of anilines is 1. The highest BCUT2D eigenvalue weighted by molar-refractivity contribution is 7.22. The standard InChI is InChI=1S/C11H11F2N3OS/c1-5(14)2-10(17)16-11-15-8-3-6(12)7(13)4-9(8)18-11/h3-5H,2,14H2,1H3,(H,15,16,17). The van der Waals surface area contributed by atoms with Gasteiger partial charge in [0.15, 0.2) is 16.8 Å². The third-order valence-electron chi connectivity index (χ3n) is 2.18. The van der Waals surface area contributed by atoms with Crippen LogP contribution in [0.2, 0.25) is 0 Å². The Balaban J connectivity index is 2.22. The molecule has 0 bridgehead atoms. The number of fused-ring (bicyclic) bond motifs is 1. The minimum Gasteiger partial charge on any atom is -0.327 e. The predicted octanol–water partition coefficient (Wildman–Crippen LogP) is 2.25. The van der Waals surface area contributed by atoms with E-state index in [4.69, 9.17) is 5.73 Å². The van der Waals surface area contributed by atoms with Crippen molar-refractivity contribution in [2.45, 2.75) is 19.4 Å². The first-order chi connectivity index (χ1) is 8.45.